The monoisotopic (exact) mass is 274 g/mol. The first-order valence-corrected chi connectivity index (χ1v) is 8.37. The van der Waals surface area contributed by atoms with Gasteiger partial charge in [0.25, 0.3) is 0 Å². The fourth-order valence-corrected chi connectivity index (χ4v) is 3.62. The first-order valence-electron chi connectivity index (χ1n) is 6.65. The summed E-state index contributed by atoms with van der Waals surface area (Å²) in [5, 5.41) is 2.98. The Hall–Kier alpha value is -0.620. The second-order valence-corrected chi connectivity index (χ2v) is 8.19. The number of sulfone groups is 1. The van der Waals surface area contributed by atoms with Crippen LogP contribution in [0.25, 0.3) is 0 Å². The van der Waals surface area contributed by atoms with Gasteiger partial charge in [-0.15, -0.1) is 0 Å². The van der Waals surface area contributed by atoms with Crippen LogP contribution in [0.5, 0.6) is 0 Å². The van der Waals surface area contributed by atoms with Gasteiger partial charge in [-0.1, -0.05) is 0 Å². The molecule has 2 unspecified atom stereocenters. The molecule has 0 aromatic heterocycles. The predicted molar refractivity (Wildman–Crippen MR) is 70.0 cm³/mol. The van der Waals surface area contributed by atoms with Crippen LogP contribution in [0.1, 0.15) is 26.7 Å². The highest BCUT2D eigenvalue weighted by molar-refractivity contribution is 7.92. The number of fused-ring (bicyclic) bond motifs is 1. The molecule has 0 spiro atoms. The Morgan fingerprint density at radius 1 is 1.44 bits per heavy atom. The van der Waals surface area contributed by atoms with Gasteiger partial charge in [-0.3, -0.25) is 4.79 Å². The van der Waals surface area contributed by atoms with Gasteiger partial charge in [0.15, 0.2) is 9.84 Å². The second-order valence-electron chi connectivity index (χ2n) is 5.51. The molecule has 18 heavy (non-hydrogen) atoms. The molecule has 1 amide bonds. The van der Waals surface area contributed by atoms with Crippen molar-refractivity contribution >= 4 is 15.7 Å². The van der Waals surface area contributed by atoms with Crippen molar-refractivity contribution in [2.75, 3.05) is 25.4 Å². The molecule has 5 nitrogen and oxygen atoms in total. The molecule has 0 saturated carbocycles. The van der Waals surface area contributed by atoms with Gasteiger partial charge < -0.3 is 10.2 Å². The van der Waals surface area contributed by atoms with E-state index in [0.717, 1.165) is 19.4 Å². The largest absolute Gasteiger partial charge is 0.340 e. The Balaban J connectivity index is 1.93. The number of hydrogen-bond donors (Lipinski definition) is 1. The summed E-state index contributed by atoms with van der Waals surface area (Å²) in [6.45, 7) is 5.34. The van der Waals surface area contributed by atoms with Crippen molar-refractivity contribution in [2.45, 2.75) is 38.0 Å². The maximum atomic E-state index is 12.1. The van der Waals surface area contributed by atoms with Gasteiger partial charge >= 0.3 is 0 Å². The molecule has 2 atom stereocenters. The van der Waals surface area contributed by atoms with E-state index in [9.17, 15) is 13.2 Å². The molecule has 104 valence electrons. The number of carbonyl (C=O) groups is 1. The summed E-state index contributed by atoms with van der Waals surface area (Å²) < 4.78 is 23.5. The molecule has 6 heteroatoms. The Morgan fingerprint density at radius 3 is 2.78 bits per heavy atom. The Morgan fingerprint density at radius 2 is 2.17 bits per heavy atom. The van der Waals surface area contributed by atoms with Crippen LogP contribution in [0.3, 0.4) is 0 Å². The zero-order valence-electron chi connectivity index (χ0n) is 11.1. The highest BCUT2D eigenvalue weighted by Crippen LogP contribution is 2.26. The lowest BCUT2D eigenvalue weighted by Gasteiger charge is -2.23. The number of piperidine rings is 1. The van der Waals surface area contributed by atoms with E-state index in [2.05, 4.69) is 5.32 Å². The molecule has 2 fully saturated rings. The fraction of sp³-hybridized carbons (Fsp3) is 0.917. The van der Waals surface area contributed by atoms with E-state index in [1.165, 1.54) is 0 Å². The second kappa shape index (κ2) is 5.17. The first kappa shape index (κ1) is 13.8. The van der Waals surface area contributed by atoms with Crippen molar-refractivity contribution in [1.82, 2.24) is 10.2 Å². The molecular formula is C12H22N2O3S. The van der Waals surface area contributed by atoms with Crippen molar-refractivity contribution < 1.29 is 13.2 Å². The molecule has 2 rings (SSSR count). The number of rotatable bonds is 4. The molecule has 1 N–H and O–H groups in total. The number of nitrogens with one attached hydrogen (secondary N) is 1. The molecule has 0 aromatic rings. The SMILES string of the molecule is CC(C)S(=O)(=O)CCN1CC2NCCCC2C1=O. The van der Waals surface area contributed by atoms with E-state index in [4.69, 9.17) is 0 Å². The Bertz CT molecular complexity index is 419. The summed E-state index contributed by atoms with van der Waals surface area (Å²) in [6.07, 6.45) is 1.97. The van der Waals surface area contributed by atoms with Crippen LogP contribution in [0.2, 0.25) is 0 Å². The topological polar surface area (TPSA) is 66.5 Å². The van der Waals surface area contributed by atoms with Crippen molar-refractivity contribution in [1.29, 1.82) is 0 Å². The minimum Gasteiger partial charge on any atom is -0.340 e. The Labute approximate surface area is 109 Å². The minimum absolute atomic E-state index is 0.0699. The van der Waals surface area contributed by atoms with Crippen LogP contribution in [0.15, 0.2) is 0 Å². The van der Waals surface area contributed by atoms with Crippen molar-refractivity contribution in [3.63, 3.8) is 0 Å². The number of likely N-dealkylation sites (tertiary alicyclic amines) is 1. The van der Waals surface area contributed by atoms with Crippen LogP contribution in [0, 0.1) is 5.92 Å². The zero-order chi connectivity index (χ0) is 13.3. The number of nitrogens with zero attached hydrogens (tertiary/aromatic N) is 1. The molecule has 0 bridgehead atoms. The first-order chi connectivity index (χ1) is 8.42. The normalized spacial score (nSPS) is 28.8. The average molecular weight is 274 g/mol. The van der Waals surface area contributed by atoms with Gasteiger partial charge in [0.05, 0.1) is 16.9 Å². The van der Waals surface area contributed by atoms with Crippen molar-refractivity contribution in [3.8, 4) is 0 Å². The molecule has 0 aromatic carbocycles. The van der Waals surface area contributed by atoms with Gasteiger partial charge in [-0.05, 0) is 33.2 Å². The third-order valence-electron chi connectivity index (χ3n) is 3.99. The molecule has 2 aliphatic rings. The summed E-state index contributed by atoms with van der Waals surface area (Å²) >= 11 is 0. The summed E-state index contributed by atoms with van der Waals surface area (Å²) in [6, 6.07) is 0.230. The lowest BCUT2D eigenvalue weighted by molar-refractivity contribution is -0.131. The highest BCUT2D eigenvalue weighted by Gasteiger charge is 2.41. The van der Waals surface area contributed by atoms with Gasteiger partial charge in [0, 0.05) is 19.1 Å². The summed E-state index contributed by atoms with van der Waals surface area (Å²) in [5.74, 6) is 0.280. The number of hydrogen-bond acceptors (Lipinski definition) is 4. The van der Waals surface area contributed by atoms with Crippen LogP contribution in [-0.2, 0) is 14.6 Å². The van der Waals surface area contributed by atoms with Crippen LogP contribution < -0.4 is 5.32 Å². The summed E-state index contributed by atoms with van der Waals surface area (Å²) in [7, 11) is -3.06. The molecule has 0 aliphatic carbocycles. The van der Waals surface area contributed by atoms with Crippen molar-refractivity contribution in [3.05, 3.63) is 0 Å². The summed E-state index contributed by atoms with van der Waals surface area (Å²) in [5.41, 5.74) is 0. The van der Waals surface area contributed by atoms with Gasteiger partial charge in [-0.2, -0.15) is 0 Å². The van der Waals surface area contributed by atoms with Crippen LogP contribution >= 0.6 is 0 Å². The molecule has 2 saturated heterocycles. The molecule has 2 aliphatic heterocycles. The average Bonchev–Trinajstić information content (AvgIpc) is 2.64. The van der Waals surface area contributed by atoms with Gasteiger partial charge in [0.1, 0.15) is 0 Å². The summed E-state index contributed by atoms with van der Waals surface area (Å²) in [4.78, 5) is 13.8. The minimum atomic E-state index is -3.06. The van der Waals surface area contributed by atoms with E-state index in [0.29, 0.717) is 13.1 Å². The number of carbonyl (C=O) groups excluding carboxylic acids is 1. The molecule has 2 heterocycles. The van der Waals surface area contributed by atoms with Crippen LogP contribution in [-0.4, -0.2) is 55.9 Å². The van der Waals surface area contributed by atoms with Crippen LogP contribution in [0.4, 0.5) is 0 Å². The Kier molecular flexibility index (Phi) is 3.96. The van der Waals surface area contributed by atoms with Gasteiger partial charge in [0.2, 0.25) is 5.91 Å². The zero-order valence-corrected chi connectivity index (χ0v) is 11.9. The van der Waals surface area contributed by atoms with E-state index < -0.39 is 9.84 Å². The van der Waals surface area contributed by atoms with E-state index in [1.54, 1.807) is 18.7 Å². The molecule has 0 radical (unpaired) electrons. The standard InChI is InChI=1S/C12H22N2O3S/c1-9(2)18(16,17)7-6-14-8-11-10(12(14)15)4-3-5-13-11/h9-11,13H,3-8H2,1-2H3. The highest BCUT2D eigenvalue weighted by atomic mass is 32.2. The fourth-order valence-electron chi connectivity index (χ4n) is 2.68. The van der Waals surface area contributed by atoms with Crippen molar-refractivity contribution in [2.24, 2.45) is 5.92 Å². The third-order valence-corrected chi connectivity index (χ3v) is 6.18. The lowest BCUT2D eigenvalue weighted by Crippen LogP contribution is -2.41. The smallest absolute Gasteiger partial charge is 0.227 e. The predicted octanol–water partition coefficient (Wildman–Crippen LogP) is 0.0200. The lowest BCUT2D eigenvalue weighted by atomic mass is 9.94. The van der Waals surface area contributed by atoms with E-state index >= 15 is 0 Å². The third kappa shape index (κ3) is 2.69. The number of amides is 1. The van der Waals surface area contributed by atoms with E-state index in [-0.39, 0.29) is 28.9 Å². The maximum absolute atomic E-state index is 12.1. The quantitative estimate of drug-likeness (QED) is 0.785. The maximum Gasteiger partial charge on any atom is 0.227 e. The van der Waals surface area contributed by atoms with E-state index in [1.807, 2.05) is 0 Å². The molecular weight excluding hydrogens is 252 g/mol. The van der Waals surface area contributed by atoms with Gasteiger partial charge in [-0.25, -0.2) is 8.42 Å².